The average molecular weight is 261 g/mol. The third-order valence-corrected chi connectivity index (χ3v) is 4.06. The summed E-state index contributed by atoms with van der Waals surface area (Å²) in [6.07, 6.45) is 2.30. The van der Waals surface area contributed by atoms with Crippen molar-refractivity contribution in [2.45, 2.75) is 44.8 Å². The molecule has 2 rings (SSSR count). The van der Waals surface area contributed by atoms with Crippen LogP contribution in [0.15, 0.2) is 30.3 Å². The van der Waals surface area contributed by atoms with E-state index >= 15 is 0 Å². The number of Topliss-reactive ketones (excluding diaryl/α,β-unsaturated/α-hetero) is 1. The molecule has 1 aliphatic heterocycles. The van der Waals surface area contributed by atoms with Gasteiger partial charge in [-0.1, -0.05) is 37.3 Å². The first kappa shape index (κ1) is 14.2. The molecule has 0 aromatic heterocycles. The number of hydrogen-bond donors (Lipinski definition) is 1. The molecule has 0 aliphatic carbocycles. The zero-order valence-corrected chi connectivity index (χ0v) is 11.8. The molecule has 1 atom stereocenters. The molecule has 3 nitrogen and oxygen atoms in total. The van der Waals surface area contributed by atoms with Gasteiger partial charge in [0, 0.05) is 18.7 Å². The van der Waals surface area contributed by atoms with Crippen molar-refractivity contribution in [1.29, 1.82) is 0 Å². The number of ketones is 1. The SMILES string of the molecule is CCC(C(=O)c1ccccc1)N1CCC(C)(O)CC1. The molecule has 1 aromatic rings. The first-order valence-electron chi connectivity index (χ1n) is 7.09. The van der Waals surface area contributed by atoms with Gasteiger partial charge in [-0.15, -0.1) is 0 Å². The average Bonchev–Trinajstić information content (AvgIpc) is 2.42. The highest BCUT2D eigenvalue weighted by molar-refractivity contribution is 6.00. The number of piperidine rings is 1. The van der Waals surface area contributed by atoms with Gasteiger partial charge in [0.2, 0.25) is 0 Å². The Morgan fingerprint density at radius 2 is 1.89 bits per heavy atom. The fourth-order valence-corrected chi connectivity index (χ4v) is 2.72. The van der Waals surface area contributed by atoms with Crippen LogP contribution in [0.3, 0.4) is 0 Å². The third-order valence-electron chi connectivity index (χ3n) is 4.06. The summed E-state index contributed by atoms with van der Waals surface area (Å²) < 4.78 is 0. The van der Waals surface area contributed by atoms with Crippen molar-refractivity contribution >= 4 is 5.78 Å². The van der Waals surface area contributed by atoms with Crippen molar-refractivity contribution in [3.05, 3.63) is 35.9 Å². The lowest BCUT2D eigenvalue weighted by Gasteiger charge is -2.39. The maximum atomic E-state index is 12.5. The zero-order valence-electron chi connectivity index (χ0n) is 11.8. The van der Waals surface area contributed by atoms with Crippen molar-refractivity contribution in [1.82, 2.24) is 4.90 Å². The maximum Gasteiger partial charge on any atom is 0.179 e. The molecule has 3 heteroatoms. The van der Waals surface area contributed by atoms with E-state index in [0.29, 0.717) is 0 Å². The topological polar surface area (TPSA) is 40.5 Å². The van der Waals surface area contributed by atoms with Crippen LogP contribution in [-0.4, -0.2) is 40.5 Å². The van der Waals surface area contributed by atoms with E-state index in [1.54, 1.807) is 0 Å². The minimum atomic E-state index is -0.565. The normalized spacial score (nSPS) is 21.0. The van der Waals surface area contributed by atoms with E-state index in [0.717, 1.165) is 37.9 Å². The Labute approximate surface area is 115 Å². The molecule has 1 fully saturated rings. The summed E-state index contributed by atoms with van der Waals surface area (Å²) in [5, 5.41) is 9.99. The van der Waals surface area contributed by atoms with Gasteiger partial charge < -0.3 is 5.11 Å². The summed E-state index contributed by atoms with van der Waals surface area (Å²) in [5.41, 5.74) is 0.219. The number of hydrogen-bond acceptors (Lipinski definition) is 3. The molecule has 0 radical (unpaired) electrons. The van der Waals surface area contributed by atoms with Crippen molar-refractivity contribution < 1.29 is 9.90 Å². The Bertz CT molecular complexity index is 418. The van der Waals surface area contributed by atoms with Crippen LogP contribution in [-0.2, 0) is 0 Å². The molecular formula is C16H23NO2. The summed E-state index contributed by atoms with van der Waals surface area (Å²) >= 11 is 0. The molecule has 1 N–H and O–H groups in total. The molecule has 104 valence electrons. The number of rotatable bonds is 4. The summed E-state index contributed by atoms with van der Waals surface area (Å²) in [6.45, 7) is 5.52. The quantitative estimate of drug-likeness (QED) is 0.847. The van der Waals surface area contributed by atoms with Gasteiger partial charge in [0.25, 0.3) is 0 Å². The second-order valence-electron chi connectivity index (χ2n) is 5.69. The first-order chi connectivity index (χ1) is 9.03. The highest BCUT2D eigenvalue weighted by Gasteiger charge is 2.33. The molecule has 0 spiro atoms. The highest BCUT2D eigenvalue weighted by atomic mass is 16.3. The molecule has 0 saturated carbocycles. The van der Waals surface area contributed by atoms with Crippen LogP contribution >= 0.6 is 0 Å². The van der Waals surface area contributed by atoms with Crippen molar-refractivity contribution in [2.24, 2.45) is 0 Å². The predicted octanol–water partition coefficient (Wildman–Crippen LogP) is 2.49. The lowest BCUT2D eigenvalue weighted by Crippen LogP contribution is -2.49. The molecule has 19 heavy (non-hydrogen) atoms. The highest BCUT2D eigenvalue weighted by Crippen LogP contribution is 2.24. The Kier molecular flexibility index (Phi) is 4.38. The molecular weight excluding hydrogens is 238 g/mol. The number of aliphatic hydroxyl groups is 1. The number of nitrogens with zero attached hydrogens (tertiary/aromatic N) is 1. The Morgan fingerprint density at radius 1 is 1.32 bits per heavy atom. The van der Waals surface area contributed by atoms with Crippen molar-refractivity contribution in [2.75, 3.05) is 13.1 Å². The summed E-state index contributed by atoms with van der Waals surface area (Å²) in [4.78, 5) is 14.7. The molecule has 1 heterocycles. The Morgan fingerprint density at radius 3 is 2.42 bits per heavy atom. The molecule has 0 amide bonds. The standard InChI is InChI=1S/C16H23NO2/c1-3-14(15(18)13-7-5-4-6-8-13)17-11-9-16(2,19)10-12-17/h4-8,14,19H,3,9-12H2,1-2H3. The summed E-state index contributed by atoms with van der Waals surface area (Å²) in [7, 11) is 0. The van der Waals surface area contributed by atoms with E-state index in [1.165, 1.54) is 0 Å². The van der Waals surface area contributed by atoms with Gasteiger partial charge >= 0.3 is 0 Å². The first-order valence-corrected chi connectivity index (χ1v) is 7.09. The molecule has 1 aliphatic rings. The lowest BCUT2D eigenvalue weighted by atomic mass is 9.91. The Balaban J connectivity index is 2.07. The molecule has 1 saturated heterocycles. The van der Waals surface area contributed by atoms with Crippen molar-refractivity contribution in [3.63, 3.8) is 0 Å². The van der Waals surface area contributed by atoms with Crippen LogP contribution in [0.2, 0.25) is 0 Å². The van der Waals surface area contributed by atoms with Gasteiger partial charge in [0.15, 0.2) is 5.78 Å². The van der Waals surface area contributed by atoms with E-state index in [9.17, 15) is 9.90 Å². The summed E-state index contributed by atoms with van der Waals surface area (Å²) in [6, 6.07) is 9.44. The van der Waals surface area contributed by atoms with Crippen LogP contribution in [0.5, 0.6) is 0 Å². The fraction of sp³-hybridized carbons (Fsp3) is 0.562. The van der Waals surface area contributed by atoms with Crippen LogP contribution in [0, 0.1) is 0 Å². The smallest absolute Gasteiger partial charge is 0.179 e. The second-order valence-corrected chi connectivity index (χ2v) is 5.69. The number of carbonyl (C=O) groups is 1. The van der Waals surface area contributed by atoms with E-state index < -0.39 is 5.60 Å². The minimum Gasteiger partial charge on any atom is -0.390 e. The van der Waals surface area contributed by atoms with Gasteiger partial charge in [-0.25, -0.2) is 0 Å². The number of likely N-dealkylation sites (tertiary alicyclic amines) is 1. The van der Waals surface area contributed by atoms with Gasteiger partial charge in [0.05, 0.1) is 11.6 Å². The van der Waals surface area contributed by atoms with Crippen molar-refractivity contribution in [3.8, 4) is 0 Å². The Hall–Kier alpha value is -1.19. The monoisotopic (exact) mass is 261 g/mol. The predicted molar refractivity (Wildman–Crippen MR) is 76.3 cm³/mol. The zero-order chi connectivity index (χ0) is 13.9. The van der Waals surface area contributed by atoms with Crippen LogP contribution in [0.1, 0.15) is 43.5 Å². The van der Waals surface area contributed by atoms with Crippen LogP contribution in [0.4, 0.5) is 0 Å². The fourth-order valence-electron chi connectivity index (χ4n) is 2.72. The number of benzene rings is 1. The molecule has 1 unspecified atom stereocenters. The van der Waals surface area contributed by atoms with E-state index in [2.05, 4.69) is 11.8 Å². The van der Waals surface area contributed by atoms with Crippen LogP contribution < -0.4 is 0 Å². The summed E-state index contributed by atoms with van der Waals surface area (Å²) in [5.74, 6) is 0.199. The van der Waals surface area contributed by atoms with Gasteiger partial charge in [-0.3, -0.25) is 9.69 Å². The van der Waals surface area contributed by atoms with Crippen LogP contribution in [0.25, 0.3) is 0 Å². The maximum absolute atomic E-state index is 12.5. The van der Waals surface area contributed by atoms with Gasteiger partial charge in [0.1, 0.15) is 0 Å². The van der Waals surface area contributed by atoms with E-state index in [1.807, 2.05) is 37.3 Å². The second kappa shape index (κ2) is 5.85. The van der Waals surface area contributed by atoms with E-state index in [-0.39, 0.29) is 11.8 Å². The van der Waals surface area contributed by atoms with Gasteiger partial charge in [-0.2, -0.15) is 0 Å². The van der Waals surface area contributed by atoms with E-state index in [4.69, 9.17) is 0 Å². The third kappa shape index (κ3) is 3.43. The number of carbonyl (C=O) groups excluding carboxylic acids is 1. The lowest BCUT2D eigenvalue weighted by molar-refractivity contribution is -0.0148. The van der Waals surface area contributed by atoms with Gasteiger partial charge in [-0.05, 0) is 26.2 Å². The molecule has 0 bridgehead atoms. The molecule has 1 aromatic carbocycles. The minimum absolute atomic E-state index is 0.0569. The largest absolute Gasteiger partial charge is 0.390 e.